The Morgan fingerprint density at radius 2 is 1.53 bits per heavy atom. The molecule has 19 heavy (non-hydrogen) atoms. The first-order chi connectivity index (χ1) is 8.82. The zero-order chi connectivity index (χ0) is 14.5. The third kappa shape index (κ3) is 4.82. The maximum Gasteiger partial charge on any atom is 0.471 e. The van der Waals surface area contributed by atoms with Crippen LogP contribution in [0.1, 0.15) is 6.92 Å². The number of nitrogens with one attached hydrogen (secondary N) is 2. The van der Waals surface area contributed by atoms with E-state index in [2.05, 4.69) is 5.32 Å². The van der Waals surface area contributed by atoms with Crippen LogP contribution in [0.5, 0.6) is 0 Å². The fourth-order valence-electron chi connectivity index (χ4n) is 1.17. The van der Waals surface area contributed by atoms with Crippen molar-refractivity contribution in [3.05, 3.63) is 36.4 Å². The van der Waals surface area contributed by atoms with Crippen molar-refractivity contribution in [2.24, 2.45) is 0 Å². The monoisotopic (exact) mass is 272 g/mol. The number of hydrogen-bond acceptors (Lipinski definition) is 2. The summed E-state index contributed by atoms with van der Waals surface area (Å²) in [6.07, 6.45) is -2.08. The van der Waals surface area contributed by atoms with Crippen molar-refractivity contribution < 1.29 is 22.8 Å². The van der Waals surface area contributed by atoms with Gasteiger partial charge in [-0.05, 0) is 37.3 Å². The molecule has 0 saturated carbocycles. The van der Waals surface area contributed by atoms with E-state index in [-0.39, 0.29) is 11.6 Å². The quantitative estimate of drug-likeness (QED) is 0.831. The predicted octanol–water partition coefficient (Wildman–Crippen LogP) is 2.70. The zero-order valence-corrected chi connectivity index (χ0v) is 9.91. The molecule has 1 aromatic rings. The second-order valence-electron chi connectivity index (χ2n) is 3.52. The van der Waals surface area contributed by atoms with E-state index < -0.39 is 12.1 Å². The van der Waals surface area contributed by atoms with E-state index in [0.717, 1.165) is 0 Å². The molecule has 0 aromatic heterocycles. The fourth-order valence-corrected chi connectivity index (χ4v) is 1.17. The molecule has 102 valence electrons. The molecular formula is C12H11F3N2O2. The van der Waals surface area contributed by atoms with Gasteiger partial charge < -0.3 is 10.6 Å². The van der Waals surface area contributed by atoms with Crippen LogP contribution >= 0.6 is 0 Å². The van der Waals surface area contributed by atoms with Gasteiger partial charge in [0.2, 0.25) is 5.91 Å². The molecule has 0 bridgehead atoms. The van der Waals surface area contributed by atoms with Crippen LogP contribution < -0.4 is 10.6 Å². The lowest BCUT2D eigenvalue weighted by Gasteiger charge is -2.08. The van der Waals surface area contributed by atoms with E-state index >= 15 is 0 Å². The molecular weight excluding hydrogens is 261 g/mol. The number of rotatable bonds is 3. The molecule has 0 fully saturated rings. The van der Waals surface area contributed by atoms with Crippen molar-refractivity contribution >= 4 is 23.2 Å². The van der Waals surface area contributed by atoms with E-state index in [0.29, 0.717) is 5.69 Å². The lowest BCUT2D eigenvalue weighted by atomic mass is 10.2. The van der Waals surface area contributed by atoms with Gasteiger partial charge in [0.15, 0.2) is 0 Å². The zero-order valence-electron chi connectivity index (χ0n) is 9.91. The topological polar surface area (TPSA) is 58.2 Å². The highest BCUT2D eigenvalue weighted by atomic mass is 19.4. The summed E-state index contributed by atoms with van der Waals surface area (Å²) in [5.74, 6) is -2.40. The van der Waals surface area contributed by atoms with E-state index in [1.807, 2.05) is 0 Å². The van der Waals surface area contributed by atoms with Crippen LogP contribution in [0.3, 0.4) is 0 Å². The first-order valence-electron chi connectivity index (χ1n) is 5.25. The van der Waals surface area contributed by atoms with Gasteiger partial charge in [0.05, 0.1) is 0 Å². The van der Waals surface area contributed by atoms with Gasteiger partial charge >= 0.3 is 12.1 Å². The lowest BCUT2D eigenvalue weighted by Crippen LogP contribution is -2.29. The van der Waals surface area contributed by atoms with Crippen LogP contribution in [0.25, 0.3) is 0 Å². The molecule has 0 saturated heterocycles. The molecule has 2 N–H and O–H groups in total. The molecule has 0 aliphatic carbocycles. The second kappa shape index (κ2) is 6.03. The minimum Gasteiger partial charge on any atom is -0.323 e. The maximum absolute atomic E-state index is 12.0. The van der Waals surface area contributed by atoms with E-state index in [1.165, 1.54) is 30.3 Å². The highest BCUT2D eigenvalue weighted by Gasteiger charge is 2.38. The van der Waals surface area contributed by atoms with Gasteiger partial charge in [-0.15, -0.1) is 0 Å². The summed E-state index contributed by atoms with van der Waals surface area (Å²) in [6.45, 7) is 1.68. The molecule has 4 nitrogen and oxygen atoms in total. The number of anilines is 2. The van der Waals surface area contributed by atoms with Crippen molar-refractivity contribution in [3.8, 4) is 0 Å². The lowest BCUT2D eigenvalue weighted by molar-refractivity contribution is -0.167. The fraction of sp³-hybridized carbons (Fsp3) is 0.167. The molecule has 7 heteroatoms. The Morgan fingerprint density at radius 3 is 1.95 bits per heavy atom. The van der Waals surface area contributed by atoms with Gasteiger partial charge in [-0.1, -0.05) is 6.08 Å². The normalized spacial score (nSPS) is 11.4. The minimum absolute atomic E-state index is 0.00800. The molecule has 0 radical (unpaired) electrons. The van der Waals surface area contributed by atoms with Gasteiger partial charge in [0.25, 0.3) is 0 Å². The number of hydrogen-bond donors (Lipinski definition) is 2. The first-order valence-corrected chi connectivity index (χ1v) is 5.25. The standard InChI is InChI=1S/C12H11F3N2O2/c1-2-3-10(18)16-8-4-6-9(7-5-8)17-11(19)12(13,14)15/h2-7H,1H3,(H,16,18)(H,17,19)/b3-2+. The third-order valence-electron chi connectivity index (χ3n) is 1.99. The number of carbonyl (C=O) groups excluding carboxylic acids is 2. The molecule has 0 atom stereocenters. The Kier molecular flexibility index (Phi) is 4.68. The van der Waals surface area contributed by atoms with Gasteiger partial charge in [-0.25, -0.2) is 0 Å². The van der Waals surface area contributed by atoms with Crippen molar-refractivity contribution in [2.45, 2.75) is 13.1 Å². The molecule has 0 unspecified atom stereocenters. The number of halogens is 3. The molecule has 0 heterocycles. The molecule has 1 rings (SSSR count). The molecule has 0 aliphatic rings. The average molecular weight is 272 g/mol. The Balaban J connectivity index is 2.67. The minimum atomic E-state index is -4.93. The van der Waals surface area contributed by atoms with Gasteiger partial charge in [0, 0.05) is 11.4 Å². The summed E-state index contributed by atoms with van der Waals surface area (Å²) >= 11 is 0. The highest BCUT2D eigenvalue weighted by Crippen LogP contribution is 2.19. The average Bonchev–Trinajstić information content (AvgIpc) is 2.30. The molecule has 0 aliphatic heterocycles. The Bertz CT molecular complexity index is 493. The van der Waals surface area contributed by atoms with Crippen LogP contribution in [0.4, 0.5) is 24.5 Å². The molecule has 0 spiro atoms. The van der Waals surface area contributed by atoms with Gasteiger partial charge in [-0.3, -0.25) is 9.59 Å². The largest absolute Gasteiger partial charge is 0.471 e. The molecule has 2 amide bonds. The number of benzene rings is 1. The number of amides is 2. The second-order valence-corrected chi connectivity index (χ2v) is 3.52. The van der Waals surface area contributed by atoms with Crippen LogP contribution in [0, 0.1) is 0 Å². The summed E-state index contributed by atoms with van der Waals surface area (Å²) in [5.41, 5.74) is 0.402. The number of carbonyl (C=O) groups is 2. The number of allylic oxidation sites excluding steroid dienone is 1. The summed E-state index contributed by atoms with van der Waals surface area (Å²) in [4.78, 5) is 21.9. The van der Waals surface area contributed by atoms with E-state index in [1.54, 1.807) is 18.3 Å². The third-order valence-corrected chi connectivity index (χ3v) is 1.99. The van der Waals surface area contributed by atoms with Gasteiger partial charge in [-0.2, -0.15) is 13.2 Å². The van der Waals surface area contributed by atoms with E-state index in [4.69, 9.17) is 0 Å². The van der Waals surface area contributed by atoms with Crippen LogP contribution in [0.2, 0.25) is 0 Å². The number of alkyl halides is 3. The summed E-state index contributed by atoms with van der Waals surface area (Å²) in [7, 11) is 0. The van der Waals surface area contributed by atoms with Crippen molar-refractivity contribution in [1.82, 2.24) is 0 Å². The predicted molar refractivity (Wildman–Crippen MR) is 64.6 cm³/mol. The maximum atomic E-state index is 12.0. The smallest absolute Gasteiger partial charge is 0.323 e. The first kappa shape index (κ1) is 14.7. The van der Waals surface area contributed by atoms with Gasteiger partial charge in [0.1, 0.15) is 0 Å². The van der Waals surface area contributed by atoms with Crippen LogP contribution in [0.15, 0.2) is 36.4 Å². The SMILES string of the molecule is C/C=C/C(=O)Nc1ccc(NC(=O)C(F)(F)F)cc1. The summed E-state index contributed by atoms with van der Waals surface area (Å²) in [6, 6.07) is 5.28. The highest BCUT2D eigenvalue weighted by molar-refractivity contribution is 5.99. The summed E-state index contributed by atoms with van der Waals surface area (Å²) in [5, 5.41) is 4.19. The van der Waals surface area contributed by atoms with Crippen LogP contribution in [-0.2, 0) is 9.59 Å². The Morgan fingerprint density at radius 1 is 1.05 bits per heavy atom. The Labute approximate surface area is 107 Å². The van der Waals surface area contributed by atoms with E-state index in [9.17, 15) is 22.8 Å². The van der Waals surface area contributed by atoms with Crippen molar-refractivity contribution in [3.63, 3.8) is 0 Å². The van der Waals surface area contributed by atoms with Crippen molar-refractivity contribution in [1.29, 1.82) is 0 Å². The summed E-state index contributed by atoms with van der Waals surface area (Å²) < 4.78 is 36.0. The van der Waals surface area contributed by atoms with Crippen LogP contribution in [-0.4, -0.2) is 18.0 Å². The van der Waals surface area contributed by atoms with Crippen molar-refractivity contribution in [2.75, 3.05) is 10.6 Å². The molecule has 1 aromatic carbocycles. The Hall–Kier alpha value is -2.31.